The molecular weight excluding hydrogens is 202 g/mol. The Morgan fingerprint density at radius 2 is 2.31 bits per heavy atom. The number of rotatable bonds is 4. The molecule has 0 spiro atoms. The van der Waals surface area contributed by atoms with Crippen molar-refractivity contribution in [3.8, 4) is 0 Å². The van der Waals surface area contributed by atoms with Gasteiger partial charge < -0.3 is 5.73 Å². The van der Waals surface area contributed by atoms with E-state index in [4.69, 9.17) is 17.3 Å². The first-order valence-corrected chi connectivity index (χ1v) is 5.60. The zero-order chi connectivity index (χ0) is 9.68. The molecule has 13 heavy (non-hydrogen) atoms. The molecular formula is C10H14ClNS. The number of hydrogen-bond acceptors (Lipinski definition) is 2. The minimum absolute atomic E-state index is 0.559. The van der Waals surface area contributed by atoms with E-state index >= 15 is 0 Å². The number of hydrogen-bond donors (Lipinski definition) is 1. The Bertz CT molecular complexity index is 265. The van der Waals surface area contributed by atoms with Crippen molar-refractivity contribution in [2.45, 2.75) is 23.5 Å². The lowest BCUT2D eigenvalue weighted by molar-refractivity contribution is 0.823. The molecule has 1 atom stereocenters. The topological polar surface area (TPSA) is 26.0 Å². The summed E-state index contributed by atoms with van der Waals surface area (Å²) >= 11 is 7.69. The number of benzene rings is 1. The molecule has 0 aliphatic rings. The molecule has 0 aliphatic carbocycles. The van der Waals surface area contributed by atoms with Crippen molar-refractivity contribution in [3.05, 3.63) is 29.3 Å². The molecule has 0 aromatic heterocycles. The van der Waals surface area contributed by atoms with Crippen LogP contribution in [-0.4, -0.2) is 11.8 Å². The van der Waals surface area contributed by atoms with Crippen LogP contribution in [0.2, 0.25) is 5.02 Å². The van der Waals surface area contributed by atoms with Crippen molar-refractivity contribution >= 4 is 23.4 Å². The van der Waals surface area contributed by atoms with Crippen molar-refractivity contribution in [2.24, 2.45) is 5.73 Å². The van der Waals surface area contributed by atoms with Crippen LogP contribution in [-0.2, 0) is 0 Å². The molecule has 0 saturated carbocycles. The van der Waals surface area contributed by atoms with Crippen LogP contribution in [0.15, 0.2) is 29.2 Å². The fourth-order valence-corrected chi connectivity index (χ4v) is 2.39. The van der Waals surface area contributed by atoms with E-state index in [0.29, 0.717) is 5.25 Å². The lowest BCUT2D eigenvalue weighted by Crippen LogP contribution is -2.06. The number of halogens is 1. The highest BCUT2D eigenvalue weighted by atomic mass is 35.5. The highest BCUT2D eigenvalue weighted by Crippen LogP contribution is 2.26. The normalized spacial score (nSPS) is 12.8. The Hall–Kier alpha value is -0.180. The molecule has 3 heteroatoms. The first-order valence-electron chi connectivity index (χ1n) is 4.34. The third-order valence-corrected chi connectivity index (χ3v) is 3.11. The molecule has 0 saturated heterocycles. The Kier molecular flexibility index (Phi) is 4.64. The largest absolute Gasteiger partial charge is 0.330 e. The number of thioether (sulfide) groups is 1. The van der Waals surface area contributed by atoms with Gasteiger partial charge in [-0.3, -0.25) is 0 Å². The summed E-state index contributed by atoms with van der Waals surface area (Å²) in [7, 11) is 0. The summed E-state index contributed by atoms with van der Waals surface area (Å²) in [5.74, 6) is 0. The summed E-state index contributed by atoms with van der Waals surface area (Å²) in [6.07, 6.45) is 1.04. The highest BCUT2D eigenvalue weighted by molar-refractivity contribution is 7.99. The van der Waals surface area contributed by atoms with E-state index in [1.165, 1.54) is 4.90 Å². The van der Waals surface area contributed by atoms with Crippen LogP contribution in [0.5, 0.6) is 0 Å². The fraction of sp³-hybridized carbons (Fsp3) is 0.400. The van der Waals surface area contributed by atoms with Gasteiger partial charge in [-0.2, -0.15) is 0 Å². The smallest absolute Gasteiger partial charge is 0.0417 e. The molecule has 0 fully saturated rings. The fourth-order valence-electron chi connectivity index (χ4n) is 1.07. The van der Waals surface area contributed by atoms with Crippen molar-refractivity contribution < 1.29 is 0 Å². The van der Waals surface area contributed by atoms with E-state index in [9.17, 15) is 0 Å². The molecule has 1 aromatic rings. The van der Waals surface area contributed by atoms with Gasteiger partial charge in [-0.1, -0.05) is 24.6 Å². The van der Waals surface area contributed by atoms with Gasteiger partial charge in [0.25, 0.3) is 0 Å². The summed E-state index contributed by atoms with van der Waals surface area (Å²) in [4.78, 5) is 1.22. The second-order valence-corrected chi connectivity index (χ2v) is 4.91. The van der Waals surface area contributed by atoms with Gasteiger partial charge in [0.2, 0.25) is 0 Å². The third kappa shape index (κ3) is 4.03. The lowest BCUT2D eigenvalue weighted by atomic mass is 10.3. The molecule has 1 nitrogen and oxygen atoms in total. The van der Waals surface area contributed by atoms with Gasteiger partial charge in [0.15, 0.2) is 0 Å². The van der Waals surface area contributed by atoms with Crippen LogP contribution in [0.4, 0.5) is 0 Å². The Labute approximate surface area is 88.7 Å². The highest BCUT2D eigenvalue weighted by Gasteiger charge is 2.02. The van der Waals surface area contributed by atoms with Crippen LogP contribution < -0.4 is 5.73 Å². The average Bonchev–Trinajstić information content (AvgIpc) is 2.04. The summed E-state index contributed by atoms with van der Waals surface area (Å²) in [6, 6.07) is 7.92. The van der Waals surface area contributed by atoms with E-state index in [1.54, 1.807) is 0 Å². The van der Waals surface area contributed by atoms with Crippen LogP contribution >= 0.6 is 23.4 Å². The van der Waals surface area contributed by atoms with Gasteiger partial charge in [-0.15, -0.1) is 11.8 Å². The zero-order valence-electron chi connectivity index (χ0n) is 7.66. The van der Waals surface area contributed by atoms with E-state index < -0.39 is 0 Å². The van der Waals surface area contributed by atoms with Crippen molar-refractivity contribution in [1.29, 1.82) is 0 Å². The molecule has 1 aromatic carbocycles. The van der Waals surface area contributed by atoms with Crippen LogP contribution in [0, 0.1) is 0 Å². The van der Waals surface area contributed by atoms with Gasteiger partial charge in [0, 0.05) is 15.2 Å². The molecule has 1 rings (SSSR count). The molecule has 0 aliphatic heterocycles. The van der Waals surface area contributed by atoms with Gasteiger partial charge >= 0.3 is 0 Å². The second kappa shape index (κ2) is 5.53. The van der Waals surface area contributed by atoms with E-state index in [2.05, 4.69) is 13.0 Å². The van der Waals surface area contributed by atoms with Gasteiger partial charge in [0.05, 0.1) is 0 Å². The molecule has 0 radical (unpaired) electrons. The van der Waals surface area contributed by atoms with Gasteiger partial charge in [-0.25, -0.2) is 0 Å². The maximum atomic E-state index is 5.87. The average molecular weight is 216 g/mol. The van der Waals surface area contributed by atoms with E-state index in [0.717, 1.165) is 18.0 Å². The summed E-state index contributed by atoms with van der Waals surface area (Å²) in [6.45, 7) is 2.92. The molecule has 2 N–H and O–H groups in total. The van der Waals surface area contributed by atoms with Crippen molar-refractivity contribution in [2.75, 3.05) is 6.54 Å². The monoisotopic (exact) mass is 215 g/mol. The van der Waals surface area contributed by atoms with Crippen molar-refractivity contribution in [3.63, 3.8) is 0 Å². The second-order valence-electron chi connectivity index (χ2n) is 2.96. The SMILES string of the molecule is CC(CCN)Sc1cccc(Cl)c1. The summed E-state index contributed by atoms with van der Waals surface area (Å²) in [5, 5.41) is 1.36. The Balaban J connectivity index is 2.53. The standard InChI is InChI=1S/C10H14ClNS/c1-8(5-6-12)13-10-4-2-3-9(11)7-10/h2-4,7-8H,5-6,12H2,1H3. The third-order valence-electron chi connectivity index (χ3n) is 1.71. The maximum Gasteiger partial charge on any atom is 0.0417 e. The predicted molar refractivity (Wildman–Crippen MR) is 60.4 cm³/mol. The van der Waals surface area contributed by atoms with E-state index in [-0.39, 0.29) is 0 Å². The Morgan fingerprint density at radius 3 is 2.92 bits per heavy atom. The van der Waals surface area contributed by atoms with Crippen LogP contribution in [0.1, 0.15) is 13.3 Å². The lowest BCUT2D eigenvalue weighted by Gasteiger charge is -2.09. The molecule has 0 bridgehead atoms. The van der Waals surface area contributed by atoms with Crippen LogP contribution in [0.3, 0.4) is 0 Å². The summed E-state index contributed by atoms with van der Waals surface area (Å²) in [5.41, 5.74) is 5.47. The first kappa shape index (κ1) is 10.9. The molecule has 1 unspecified atom stereocenters. The molecule has 0 amide bonds. The van der Waals surface area contributed by atoms with Crippen molar-refractivity contribution in [1.82, 2.24) is 0 Å². The van der Waals surface area contributed by atoms with Crippen LogP contribution in [0.25, 0.3) is 0 Å². The zero-order valence-corrected chi connectivity index (χ0v) is 9.24. The predicted octanol–water partition coefficient (Wildman–Crippen LogP) is 3.17. The molecule has 72 valence electrons. The minimum atomic E-state index is 0.559. The molecule has 0 heterocycles. The van der Waals surface area contributed by atoms with Gasteiger partial charge in [0.1, 0.15) is 0 Å². The summed E-state index contributed by atoms with van der Waals surface area (Å²) < 4.78 is 0. The Morgan fingerprint density at radius 1 is 1.54 bits per heavy atom. The number of nitrogens with two attached hydrogens (primary N) is 1. The van der Waals surface area contributed by atoms with E-state index in [1.807, 2.05) is 30.0 Å². The maximum absolute atomic E-state index is 5.87. The quantitative estimate of drug-likeness (QED) is 0.781. The first-order chi connectivity index (χ1) is 6.22. The minimum Gasteiger partial charge on any atom is -0.330 e. The van der Waals surface area contributed by atoms with Gasteiger partial charge in [-0.05, 0) is 31.2 Å².